The molecule has 7 nitrogen and oxygen atoms in total. The second-order valence-corrected chi connectivity index (χ2v) is 5.66. The number of aromatic nitrogens is 3. The quantitative estimate of drug-likeness (QED) is 0.724. The molecule has 25 heavy (non-hydrogen) atoms. The lowest BCUT2D eigenvalue weighted by atomic mass is 10.2. The molecule has 0 amide bonds. The van der Waals surface area contributed by atoms with Crippen molar-refractivity contribution in [1.82, 2.24) is 15.1 Å². The van der Waals surface area contributed by atoms with E-state index in [2.05, 4.69) is 20.0 Å². The third-order valence-corrected chi connectivity index (χ3v) is 4.10. The number of benzene rings is 1. The molecule has 1 saturated heterocycles. The van der Waals surface area contributed by atoms with Crippen molar-refractivity contribution in [3.05, 3.63) is 42.6 Å². The fraction of sp³-hybridized carbons (Fsp3) is 0.278. The molecule has 2 aromatic heterocycles. The Morgan fingerprint density at radius 3 is 2.44 bits per heavy atom. The summed E-state index contributed by atoms with van der Waals surface area (Å²) in [6.07, 6.45) is 1.76. The van der Waals surface area contributed by atoms with Gasteiger partial charge in [0, 0.05) is 24.8 Å². The highest BCUT2D eigenvalue weighted by Gasteiger charge is 2.14. The Bertz CT molecular complexity index is 824. The van der Waals surface area contributed by atoms with Gasteiger partial charge in [0.05, 0.1) is 25.9 Å². The van der Waals surface area contributed by atoms with Crippen LogP contribution in [0, 0.1) is 0 Å². The summed E-state index contributed by atoms with van der Waals surface area (Å²) in [4.78, 5) is 11.2. The number of morpholine rings is 1. The molecule has 3 heterocycles. The number of ether oxygens (including phenoxy) is 2. The van der Waals surface area contributed by atoms with Crippen LogP contribution in [0.5, 0.6) is 5.75 Å². The van der Waals surface area contributed by atoms with Crippen LogP contribution in [0.4, 0.5) is 5.82 Å². The van der Waals surface area contributed by atoms with E-state index < -0.39 is 0 Å². The van der Waals surface area contributed by atoms with Crippen LogP contribution in [0.3, 0.4) is 0 Å². The van der Waals surface area contributed by atoms with Crippen LogP contribution in [0.1, 0.15) is 0 Å². The molecular formula is C18H18N4O3. The number of nitrogens with zero attached hydrogens (tertiary/aromatic N) is 4. The summed E-state index contributed by atoms with van der Waals surface area (Å²) in [5.41, 5.74) is 1.66. The number of anilines is 1. The van der Waals surface area contributed by atoms with Crippen LogP contribution in [0.25, 0.3) is 22.8 Å². The molecule has 3 aromatic rings. The minimum Gasteiger partial charge on any atom is -0.497 e. The molecule has 1 aliphatic heterocycles. The van der Waals surface area contributed by atoms with Crippen molar-refractivity contribution in [1.29, 1.82) is 0 Å². The molecule has 0 spiro atoms. The predicted molar refractivity (Wildman–Crippen MR) is 92.5 cm³/mol. The van der Waals surface area contributed by atoms with Crippen LogP contribution < -0.4 is 9.64 Å². The van der Waals surface area contributed by atoms with E-state index in [0.29, 0.717) is 11.7 Å². The molecule has 0 saturated carbocycles. The summed E-state index contributed by atoms with van der Waals surface area (Å²) < 4.78 is 15.9. The zero-order chi connectivity index (χ0) is 17.1. The van der Waals surface area contributed by atoms with E-state index in [0.717, 1.165) is 49.0 Å². The van der Waals surface area contributed by atoms with Gasteiger partial charge in [-0.3, -0.25) is 0 Å². The third-order valence-electron chi connectivity index (χ3n) is 4.10. The Kier molecular flexibility index (Phi) is 4.30. The van der Waals surface area contributed by atoms with E-state index in [9.17, 15) is 0 Å². The molecule has 0 unspecified atom stereocenters. The molecule has 0 atom stereocenters. The standard InChI is InChI=1S/C18H18N4O3/c1-23-15-5-2-13(3-6-15)17-20-18(25-21-17)14-4-7-16(19-12-14)22-8-10-24-11-9-22/h2-7,12H,8-11H2,1H3. The lowest BCUT2D eigenvalue weighted by molar-refractivity contribution is 0.122. The molecule has 7 heteroatoms. The Labute approximate surface area is 145 Å². The minimum atomic E-state index is 0.451. The summed E-state index contributed by atoms with van der Waals surface area (Å²) >= 11 is 0. The summed E-state index contributed by atoms with van der Waals surface area (Å²) in [7, 11) is 1.63. The van der Waals surface area contributed by atoms with Crippen molar-refractivity contribution >= 4 is 5.82 Å². The number of rotatable bonds is 4. The molecule has 0 radical (unpaired) electrons. The largest absolute Gasteiger partial charge is 0.497 e. The first-order valence-corrected chi connectivity index (χ1v) is 8.11. The molecule has 0 N–H and O–H groups in total. The summed E-state index contributed by atoms with van der Waals surface area (Å²) in [5, 5.41) is 4.05. The second kappa shape index (κ2) is 6.90. The lowest BCUT2D eigenvalue weighted by Crippen LogP contribution is -2.36. The van der Waals surface area contributed by atoms with E-state index in [1.807, 2.05) is 36.4 Å². The monoisotopic (exact) mass is 338 g/mol. The summed E-state index contributed by atoms with van der Waals surface area (Å²) in [6, 6.07) is 11.4. The van der Waals surface area contributed by atoms with E-state index in [4.69, 9.17) is 14.0 Å². The Hall–Kier alpha value is -2.93. The van der Waals surface area contributed by atoms with Gasteiger partial charge in [-0.2, -0.15) is 4.98 Å². The van der Waals surface area contributed by atoms with Gasteiger partial charge in [0.15, 0.2) is 0 Å². The van der Waals surface area contributed by atoms with Gasteiger partial charge in [0.1, 0.15) is 11.6 Å². The number of hydrogen-bond acceptors (Lipinski definition) is 7. The highest BCUT2D eigenvalue weighted by molar-refractivity contribution is 5.60. The highest BCUT2D eigenvalue weighted by atomic mass is 16.5. The smallest absolute Gasteiger partial charge is 0.259 e. The minimum absolute atomic E-state index is 0.451. The Morgan fingerprint density at radius 1 is 1.00 bits per heavy atom. The first kappa shape index (κ1) is 15.6. The van der Waals surface area contributed by atoms with Crippen molar-refractivity contribution < 1.29 is 14.0 Å². The highest BCUT2D eigenvalue weighted by Crippen LogP contribution is 2.24. The lowest BCUT2D eigenvalue weighted by Gasteiger charge is -2.27. The van der Waals surface area contributed by atoms with Crippen LogP contribution in [0.2, 0.25) is 0 Å². The maximum atomic E-state index is 5.38. The summed E-state index contributed by atoms with van der Waals surface area (Å²) in [5.74, 6) is 2.71. The molecule has 1 fully saturated rings. The average molecular weight is 338 g/mol. The summed E-state index contributed by atoms with van der Waals surface area (Å²) in [6.45, 7) is 3.18. The first-order valence-electron chi connectivity index (χ1n) is 8.11. The molecule has 1 aromatic carbocycles. The topological polar surface area (TPSA) is 73.5 Å². The number of pyridine rings is 1. The van der Waals surface area contributed by atoms with Crippen LogP contribution in [-0.4, -0.2) is 48.5 Å². The van der Waals surface area contributed by atoms with E-state index in [-0.39, 0.29) is 0 Å². The van der Waals surface area contributed by atoms with E-state index in [1.54, 1.807) is 13.3 Å². The maximum absolute atomic E-state index is 5.38. The molecule has 4 rings (SSSR count). The van der Waals surface area contributed by atoms with Crippen LogP contribution in [0.15, 0.2) is 47.1 Å². The predicted octanol–water partition coefficient (Wildman–Crippen LogP) is 2.64. The van der Waals surface area contributed by atoms with Gasteiger partial charge in [0.25, 0.3) is 5.89 Å². The Morgan fingerprint density at radius 2 is 1.76 bits per heavy atom. The molecule has 1 aliphatic rings. The van der Waals surface area contributed by atoms with E-state index in [1.165, 1.54) is 0 Å². The maximum Gasteiger partial charge on any atom is 0.259 e. The Balaban J connectivity index is 1.53. The molecular weight excluding hydrogens is 320 g/mol. The van der Waals surface area contributed by atoms with Gasteiger partial charge in [-0.25, -0.2) is 4.98 Å². The third kappa shape index (κ3) is 3.32. The zero-order valence-electron chi connectivity index (χ0n) is 13.9. The normalized spacial score (nSPS) is 14.5. The second-order valence-electron chi connectivity index (χ2n) is 5.66. The van der Waals surface area contributed by atoms with Crippen molar-refractivity contribution in [3.63, 3.8) is 0 Å². The van der Waals surface area contributed by atoms with Crippen molar-refractivity contribution in [2.75, 3.05) is 38.3 Å². The van der Waals surface area contributed by atoms with Gasteiger partial charge >= 0.3 is 0 Å². The first-order chi connectivity index (χ1) is 12.3. The van der Waals surface area contributed by atoms with E-state index >= 15 is 0 Å². The zero-order valence-corrected chi connectivity index (χ0v) is 13.9. The van der Waals surface area contributed by atoms with Crippen LogP contribution in [-0.2, 0) is 4.74 Å². The fourth-order valence-electron chi connectivity index (χ4n) is 2.69. The SMILES string of the molecule is COc1ccc(-c2noc(-c3ccc(N4CCOCC4)nc3)n2)cc1. The molecule has 0 bridgehead atoms. The van der Waals surface area contributed by atoms with Gasteiger partial charge < -0.3 is 18.9 Å². The average Bonchev–Trinajstić information content (AvgIpc) is 3.19. The number of hydrogen-bond donors (Lipinski definition) is 0. The van der Waals surface area contributed by atoms with Gasteiger partial charge in [-0.05, 0) is 36.4 Å². The fourth-order valence-corrected chi connectivity index (χ4v) is 2.69. The van der Waals surface area contributed by atoms with Crippen LogP contribution >= 0.6 is 0 Å². The number of methoxy groups -OCH3 is 1. The molecule has 0 aliphatic carbocycles. The van der Waals surface area contributed by atoms with Crippen molar-refractivity contribution in [2.24, 2.45) is 0 Å². The van der Waals surface area contributed by atoms with Gasteiger partial charge in [-0.1, -0.05) is 5.16 Å². The van der Waals surface area contributed by atoms with Gasteiger partial charge in [-0.15, -0.1) is 0 Å². The molecule has 128 valence electrons. The van der Waals surface area contributed by atoms with Gasteiger partial charge in [0.2, 0.25) is 5.82 Å². The van der Waals surface area contributed by atoms with Crippen molar-refractivity contribution in [3.8, 4) is 28.6 Å². The van der Waals surface area contributed by atoms with Crippen molar-refractivity contribution in [2.45, 2.75) is 0 Å².